The molecule has 6 rings (SSSR count). The van der Waals surface area contributed by atoms with E-state index in [2.05, 4.69) is 26.9 Å². The Labute approximate surface area is 206 Å². The Morgan fingerprint density at radius 3 is 2.72 bits per heavy atom. The van der Waals surface area contributed by atoms with Crippen molar-refractivity contribution in [2.45, 2.75) is 43.6 Å². The molecular weight excluding hydrogens is 465 g/mol. The first-order valence-electron chi connectivity index (χ1n) is 12.3. The lowest BCUT2D eigenvalue weighted by molar-refractivity contribution is -0.153. The molecule has 2 fully saturated rings. The van der Waals surface area contributed by atoms with Gasteiger partial charge in [0.15, 0.2) is 17.7 Å². The molecule has 188 valence electrons. The normalized spacial score (nSPS) is 21.3. The van der Waals surface area contributed by atoms with Crippen molar-refractivity contribution in [1.29, 1.82) is 0 Å². The van der Waals surface area contributed by atoms with Gasteiger partial charge in [-0.1, -0.05) is 0 Å². The third-order valence-corrected chi connectivity index (χ3v) is 7.56. The standard InChI is InChI=1S/C27H28FN3O5/c1-34-24-11-18(3-4-20(24)28)31-22-10-17-13-29-30-21(17)12-19(22)25(26(31)15-6-8-35-9-7-15)16-2-5-23(27(32)33)36-14-16/h3-4,10-13,15-16,23H,2,5-9,14H2,1H3,(H,29,30)(H,32,33)/t16-,23+/m1/s1. The molecule has 2 atom stereocenters. The van der Waals surface area contributed by atoms with Crippen LogP contribution in [0.15, 0.2) is 36.5 Å². The SMILES string of the molecule is COc1cc(-n2c(C3CCOCC3)c([C@@H]3CC[C@@H](C(=O)O)OC3)c3cc4[nH]ncc4cc32)ccc1F. The van der Waals surface area contributed by atoms with Crippen LogP contribution in [0.4, 0.5) is 4.39 Å². The Balaban J connectivity index is 1.62. The maximum absolute atomic E-state index is 14.4. The van der Waals surface area contributed by atoms with Crippen LogP contribution in [0.2, 0.25) is 0 Å². The highest BCUT2D eigenvalue weighted by atomic mass is 19.1. The van der Waals surface area contributed by atoms with Gasteiger partial charge in [-0.05, 0) is 55.5 Å². The number of nitrogens with one attached hydrogen (secondary N) is 1. The summed E-state index contributed by atoms with van der Waals surface area (Å²) in [5, 5.41) is 18.8. The number of hydrogen-bond donors (Lipinski definition) is 2. The lowest BCUT2D eigenvalue weighted by Crippen LogP contribution is -2.31. The second-order valence-electron chi connectivity index (χ2n) is 9.60. The minimum absolute atomic E-state index is 0.0323. The van der Waals surface area contributed by atoms with Crippen LogP contribution in [0.25, 0.3) is 27.5 Å². The van der Waals surface area contributed by atoms with Crippen LogP contribution in [0, 0.1) is 5.82 Å². The van der Waals surface area contributed by atoms with Gasteiger partial charge in [-0.2, -0.15) is 5.10 Å². The van der Waals surface area contributed by atoms with Gasteiger partial charge in [-0.15, -0.1) is 0 Å². The average Bonchev–Trinajstić information content (AvgIpc) is 3.50. The monoisotopic (exact) mass is 493 g/mol. The van der Waals surface area contributed by atoms with E-state index < -0.39 is 17.9 Å². The molecular formula is C27H28FN3O5. The van der Waals surface area contributed by atoms with Gasteiger partial charge < -0.3 is 23.9 Å². The van der Waals surface area contributed by atoms with Gasteiger partial charge in [-0.3, -0.25) is 5.10 Å². The molecule has 2 aromatic carbocycles. The van der Waals surface area contributed by atoms with E-state index in [4.69, 9.17) is 14.2 Å². The molecule has 0 spiro atoms. The molecule has 36 heavy (non-hydrogen) atoms. The summed E-state index contributed by atoms with van der Waals surface area (Å²) in [6.07, 6.45) is 3.92. The van der Waals surface area contributed by atoms with Crippen LogP contribution in [-0.4, -0.2) is 58.9 Å². The third kappa shape index (κ3) is 3.83. The number of nitrogens with zero attached hydrogens (tertiary/aromatic N) is 2. The summed E-state index contributed by atoms with van der Waals surface area (Å²) in [5.74, 6) is -0.888. The number of halogens is 1. The highest BCUT2D eigenvalue weighted by Crippen LogP contribution is 2.45. The van der Waals surface area contributed by atoms with E-state index in [-0.39, 0.29) is 17.6 Å². The van der Waals surface area contributed by atoms with Gasteiger partial charge in [0, 0.05) is 53.3 Å². The first-order valence-corrected chi connectivity index (χ1v) is 12.3. The van der Waals surface area contributed by atoms with Crippen LogP contribution in [0.3, 0.4) is 0 Å². The van der Waals surface area contributed by atoms with Crippen molar-refractivity contribution < 1.29 is 28.5 Å². The largest absolute Gasteiger partial charge is 0.494 e. The summed E-state index contributed by atoms with van der Waals surface area (Å²) in [4.78, 5) is 11.5. The Morgan fingerprint density at radius 1 is 1.17 bits per heavy atom. The van der Waals surface area contributed by atoms with Crippen molar-refractivity contribution in [1.82, 2.24) is 14.8 Å². The lowest BCUT2D eigenvalue weighted by atomic mass is 9.84. The fourth-order valence-corrected chi connectivity index (χ4v) is 5.81. The van der Waals surface area contributed by atoms with Crippen molar-refractivity contribution in [3.8, 4) is 11.4 Å². The van der Waals surface area contributed by atoms with E-state index in [9.17, 15) is 14.3 Å². The number of carbonyl (C=O) groups is 1. The molecule has 2 aromatic heterocycles. The molecule has 9 heteroatoms. The predicted octanol–water partition coefficient (Wildman–Crippen LogP) is 4.90. The Kier molecular flexibility index (Phi) is 5.89. The van der Waals surface area contributed by atoms with Gasteiger partial charge in [0.05, 0.1) is 30.9 Å². The fourth-order valence-electron chi connectivity index (χ4n) is 5.81. The minimum Gasteiger partial charge on any atom is -0.494 e. The zero-order valence-electron chi connectivity index (χ0n) is 20.0. The molecule has 0 unspecified atom stereocenters. The molecule has 0 amide bonds. The van der Waals surface area contributed by atoms with Gasteiger partial charge in [0.25, 0.3) is 0 Å². The van der Waals surface area contributed by atoms with E-state index in [1.165, 1.54) is 18.7 Å². The van der Waals surface area contributed by atoms with Crippen LogP contribution in [0.1, 0.15) is 48.8 Å². The van der Waals surface area contributed by atoms with E-state index in [0.717, 1.165) is 46.0 Å². The summed E-state index contributed by atoms with van der Waals surface area (Å²) in [6.45, 7) is 1.68. The zero-order chi connectivity index (χ0) is 24.8. The van der Waals surface area contributed by atoms with Crippen molar-refractivity contribution in [3.05, 3.63) is 53.6 Å². The van der Waals surface area contributed by atoms with Crippen molar-refractivity contribution in [3.63, 3.8) is 0 Å². The molecule has 2 aliphatic rings. The number of H-pyrrole nitrogens is 1. The number of rotatable bonds is 5. The zero-order valence-corrected chi connectivity index (χ0v) is 20.0. The van der Waals surface area contributed by atoms with Gasteiger partial charge in [0.1, 0.15) is 0 Å². The predicted molar refractivity (Wildman–Crippen MR) is 132 cm³/mol. The molecule has 0 aliphatic carbocycles. The maximum Gasteiger partial charge on any atom is 0.332 e. The molecule has 8 nitrogen and oxygen atoms in total. The number of aromatic nitrogens is 3. The van der Waals surface area contributed by atoms with Crippen LogP contribution in [0.5, 0.6) is 5.75 Å². The van der Waals surface area contributed by atoms with Crippen molar-refractivity contribution in [2.24, 2.45) is 0 Å². The fraction of sp³-hybridized carbons (Fsp3) is 0.407. The van der Waals surface area contributed by atoms with E-state index in [1.54, 1.807) is 18.3 Å². The Hall–Kier alpha value is -3.43. The number of hydrogen-bond acceptors (Lipinski definition) is 5. The molecule has 4 heterocycles. The molecule has 2 N–H and O–H groups in total. The maximum atomic E-state index is 14.4. The second kappa shape index (κ2) is 9.22. The van der Waals surface area contributed by atoms with Gasteiger partial charge >= 0.3 is 5.97 Å². The average molecular weight is 494 g/mol. The van der Waals surface area contributed by atoms with E-state index in [0.29, 0.717) is 32.7 Å². The Bertz CT molecular complexity index is 1430. The van der Waals surface area contributed by atoms with E-state index >= 15 is 0 Å². The first kappa shape index (κ1) is 23.0. The van der Waals surface area contributed by atoms with Crippen LogP contribution >= 0.6 is 0 Å². The number of carboxylic acid groups (broad SMARTS) is 1. The molecule has 2 saturated heterocycles. The van der Waals surface area contributed by atoms with Crippen LogP contribution in [-0.2, 0) is 14.3 Å². The first-order chi connectivity index (χ1) is 17.5. The summed E-state index contributed by atoms with van der Waals surface area (Å²) in [7, 11) is 1.47. The summed E-state index contributed by atoms with van der Waals surface area (Å²) >= 11 is 0. The highest BCUT2D eigenvalue weighted by Gasteiger charge is 2.35. The molecule has 4 aromatic rings. The smallest absolute Gasteiger partial charge is 0.332 e. The number of fused-ring (bicyclic) bond motifs is 2. The lowest BCUT2D eigenvalue weighted by Gasteiger charge is -2.31. The van der Waals surface area contributed by atoms with Crippen LogP contribution < -0.4 is 4.74 Å². The van der Waals surface area contributed by atoms with Crippen molar-refractivity contribution >= 4 is 27.8 Å². The van der Waals surface area contributed by atoms with E-state index in [1.807, 2.05) is 0 Å². The number of ether oxygens (including phenoxy) is 3. The quantitative estimate of drug-likeness (QED) is 0.411. The number of methoxy groups -OCH3 is 1. The summed E-state index contributed by atoms with van der Waals surface area (Å²) < 4.78 is 33.4. The second-order valence-corrected chi connectivity index (χ2v) is 9.60. The number of carboxylic acids is 1. The van der Waals surface area contributed by atoms with Crippen molar-refractivity contribution in [2.75, 3.05) is 26.9 Å². The number of aliphatic carboxylic acids is 1. The summed E-state index contributed by atoms with van der Waals surface area (Å²) in [5.41, 5.74) is 5.06. The molecule has 2 aliphatic heterocycles. The van der Waals surface area contributed by atoms with Gasteiger partial charge in [-0.25, -0.2) is 9.18 Å². The molecule has 0 bridgehead atoms. The number of benzene rings is 2. The Morgan fingerprint density at radius 2 is 2.00 bits per heavy atom. The third-order valence-electron chi connectivity index (χ3n) is 7.56. The number of aromatic amines is 1. The molecule has 0 saturated carbocycles. The minimum atomic E-state index is -0.918. The molecule has 0 radical (unpaired) electrons. The topological polar surface area (TPSA) is 98.6 Å². The summed E-state index contributed by atoms with van der Waals surface area (Å²) in [6, 6.07) is 9.18. The highest BCUT2D eigenvalue weighted by molar-refractivity contribution is 5.99. The van der Waals surface area contributed by atoms with Gasteiger partial charge in [0.2, 0.25) is 0 Å².